The molecule has 0 aliphatic carbocycles. The largest absolute Gasteiger partial charge is 0.480 e. The van der Waals surface area contributed by atoms with Crippen molar-refractivity contribution in [2.45, 2.75) is 6.04 Å². The molecule has 0 aliphatic heterocycles. The minimum absolute atomic E-state index is 0.0496. The van der Waals surface area contributed by atoms with Crippen LogP contribution in [0.15, 0.2) is 30.3 Å². The molecule has 1 rings (SSSR count). The summed E-state index contributed by atoms with van der Waals surface area (Å²) >= 11 is 0.852. The second-order valence-corrected chi connectivity index (χ2v) is 4.03. The first kappa shape index (κ1) is 12.5. The number of carbonyl (C=O) groups excluding carboxylic acids is 1. The van der Waals surface area contributed by atoms with E-state index in [1.54, 1.807) is 24.3 Å². The molecule has 16 heavy (non-hydrogen) atoms. The van der Waals surface area contributed by atoms with Gasteiger partial charge in [-0.15, -0.1) is 0 Å². The number of nitrogens with one attached hydrogen (secondary N) is 1. The van der Waals surface area contributed by atoms with Gasteiger partial charge >= 0.3 is 5.97 Å². The summed E-state index contributed by atoms with van der Waals surface area (Å²) in [6.45, 7) is 0. The van der Waals surface area contributed by atoms with Crippen molar-refractivity contribution in [3.8, 4) is 0 Å². The summed E-state index contributed by atoms with van der Waals surface area (Å²) in [6, 6.07) is 7.90. The van der Waals surface area contributed by atoms with Gasteiger partial charge in [0.25, 0.3) is 5.24 Å². The Morgan fingerprint density at radius 2 is 2.00 bits per heavy atom. The van der Waals surface area contributed by atoms with Crippen molar-refractivity contribution in [2.75, 3.05) is 11.1 Å². The monoisotopic (exact) mass is 240 g/mol. The lowest BCUT2D eigenvalue weighted by molar-refractivity contribution is -0.137. The van der Waals surface area contributed by atoms with Gasteiger partial charge in [-0.25, -0.2) is 0 Å². The number of benzene rings is 1. The van der Waals surface area contributed by atoms with Gasteiger partial charge < -0.3 is 16.2 Å². The molecule has 86 valence electrons. The number of carboxylic acids is 1. The first-order valence-electron chi connectivity index (χ1n) is 4.57. The average Bonchev–Trinajstić information content (AvgIpc) is 2.27. The van der Waals surface area contributed by atoms with Crippen LogP contribution in [-0.4, -0.2) is 28.1 Å². The second kappa shape index (κ2) is 6.14. The van der Waals surface area contributed by atoms with Gasteiger partial charge in [0, 0.05) is 11.4 Å². The molecule has 0 aromatic heterocycles. The average molecular weight is 240 g/mol. The summed E-state index contributed by atoms with van der Waals surface area (Å²) in [5, 5.41) is 10.8. The van der Waals surface area contributed by atoms with E-state index in [9.17, 15) is 9.59 Å². The number of carbonyl (C=O) groups is 2. The van der Waals surface area contributed by atoms with E-state index < -0.39 is 12.0 Å². The number of nitrogens with two attached hydrogens (primary N) is 1. The van der Waals surface area contributed by atoms with Crippen LogP contribution in [0.25, 0.3) is 0 Å². The zero-order chi connectivity index (χ0) is 12.0. The number of amides is 1. The van der Waals surface area contributed by atoms with Gasteiger partial charge in [0.1, 0.15) is 6.04 Å². The van der Waals surface area contributed by atoms with Crippen molar-refractivity contribution in [3.63, 3.8) is 0 Å². The highest BCUT2D eigenvalue weighted by Crippen LogP contribution is 2.11. The lowest BCUT2D eigenvalue weighted by atomic mass is 10.3. The molecule has 0 heterocycles. The van der Waals surface area contributed by atoms with E-state index in [4.69, 9.17) is 10.8 Å². The normalized spacial score (nSPS) is 11.8. The van der Waals surface area contributed by atoms with Gasteiger partial charge in [-0.3, -0.25) is 9.59 Å². The van der Waals surface area contributed by atoms with E-state index >= 15 is 0 Å². The molecule has 4 N–H and O–H groups in total. The topological polar surface area (TPSA) is 92.4 Å². The van der Waals surface area contributed by atoms with Crippen molar-refractivity contribution in [2.24, 2.45) is 5.73 Å². The Labute approximate surface area is 97.0 Å². The minimum atomic E-state index is -1.11. The third kappa shape index (κ3) is 4.33. The van der Waals surface area contributed by atoms with Gasteiger partial charge in [-0.1, -0.05) is 30.0 Å². The Hall–Kier alpha value is -1.53. The van der Waals surface area contributed by atoms with E-state index in [1.807, 2.05) is 6.07 Å². The molecule has 0 fully saturated rings. The van der Waals surface area contributed by atoms with Crippen molar-refractivity contribution >= 4 is 28.7 Å². The molecule has 1 amide bonds. The van der Waals surface area contributed by atoms with E-state index in [0.717, 1.165) is 11.8 Å². The van der Waals surface area contributed by atoms with Crippen LogP contribution < -0.4 is 11.1 Å². The Kier molecular flexibility index (Phi) is 4.81. The molecule has 1 aromatic rings. The Morgan fingerprint density at radius 3 is 2.56 bits per heavy atom. The molecular weight excluding hydrogens is 228 g/mol. The quantitative estimate of drug-likeness (QED) is 0.739. The molecule has 0 saturated heterocycles. The zero-order valence-corrected chi connectivity index (χ0v) is 9.24. The summed E-state index contributed by atoms with van der Waals surface area (Å²) < 4.78 is 0. The fraction of sp³-hybridized carbons (Fsp3) is 0.200. The fourth-order valence-electron chi connectivity index (χ4n) is 0.912. The maximum atomic E-state index is 11.3. The number of anilines is 1. The number of carboxylic acid groups (broad SMARTS) is 1. The zero-order valence-electron chi connectivity index (χ0n) is 8.42. The predicted molar refractivity (Wildman–Crippen MR) is 63.5 cm³/mol. The van der Waals surface area contributed by atoms with E-state index in [1.165, 1.54) is 0 Å². The molecule has 1 atom stereocenters. The Bertz CT molecular complexity index is 370. The van der Waals surface area contributed by atoms with Crippen molar-refractivity contribution in [1.82, 2.24) is 0 Å². The smallest absolute Gasteiger partial charge is 0.321 e. The highest BCUT2D eigenvalue weighted by atomic mass is 32.2. The summed E-state index contributed by atoms with van der Waals surface area (Å²) in [7, 11) is 0. The number of hydrogen-bond donors (Lipinski definition) is 3. The van der Waals surface area contributed by atoms with E-state index in [0.29, 0.717) is 5.69 Å². The molecule has 5 nitrogen and oxygen atoms in total. The molecule has 1 unspecified atom stereocenters. The minimum Gasteiger partial charge on any atom is -0.480 e. The number of rotatable bonds is 4. The van der Waals surface area contributed by atoms with Crippen molar-refractivity contribution < 1.29 is 14.7 Å². The third-order valence-electron chi connectivity index (χ3n) is 1.73. The number of aliphatic carboxylic acids is 1. The molecule has 0 aliphatic rings. The SMILES string of the molecule is NC(CSC(=O)Nc1ccccc1)C(=O)O. The summed E-state index contributed by atoms with van der Waals surface area (Å²) in [6.07, 6.45) is 0. The third-order valence-corrected chi connectivity index (χ3v) is 2.62. The molecule has 0 radical (unpaired) electrons. The molecule has 1 aromatic carbocycles. The van der Waals surface area contributed by atoms with Crippen LogP contribution in [-0.2, 0) is 4.79 Å². The summed E-state index contributed by atoms with van der Waals surface area (Å²) in [5.41, 5.74) is 5.93. The van der Waals surface area contributed by atoms with Crippen LogP contribution in [0.1, 0.15) is 0 Å². The molecule has 6 heteroatoms. The van der Waals surface area contributed by atoms with Gasteiger partial charge in [0.2, 0.25) is 0 Å². The van der Waals surface area contributed by atoms with Crippen LogP contribution in [0.2, 0.25) is 0 Å². The molecule has 0 saturated carbocycles. The van der Waals surface area contributed by atoms with Gasteiger partial charge in [0.05, 0.1) is 0 Å². The highest BCUT2D eigenvalue weighted by molar-refractivity contribution is 8.13. The summed E-state index contributed by atoms with van der Waals surface area (Å²) in [5.74, 6) is -1.06. The van der Waals surface area contributed by atoms with Gasteiger partial charge in [0.15, 0.2) is 0 Å². The first-order chi connectivity index (χ1) is 7.59. The fourth-order valence-corrected chi connectivity index (χ4v) is 1.58. The maximum absolute atomic E-state index is 11.3. The number of thioether (sulfide) groups is 1. The van der Waals surface area contributed by atoms with Gasteiger partial charge in [-0.05, 0) is 12.1 Å². The van der Waals surface area contributed by atoms with E-state index in [-0.39, 0.29) is 11.0 Å². The van der Waals surface area contributed by atoms with Crippen LogP contribution in [0.3, 0.4) is 0 Å². The maximum Gasteiger partial charge on any atom is 0.321 e. The lowest BCUT2D eigenvalue weighted by Crippen LogP contribution is -2.33. The molecule has 0 spiro atoms. The predicted octanol–water partition coefficient (Wildman–Crippen LogP) is 1.36. The molecular formula is C10H12N2O3S. The van der Waals surface area contributed by atoms with Gasteiger partial charge in [-0.2, -0.15) is 0 Å². The first-order valence-corrected chi connectivity index (χ1v) is 5.55. The van der Waals surface area contributed by atoms with Crippen molar-refractivity contribution in [3.05, 3.63) is 30.3 Å². The van der Waals surface area contributed by atoms with E-state index in [2.05, 4.69) is 5.32 Å². The highest BCUT2D eigenvalue weighted by Gasteiger charge is 2.13. The standard InChI is InChI=1S/C10H12N2O3S/c11-8(9(13)14)6-16-10(15)12-7-4-2-1-3-5-7/h1-5,8H,6,11H2,(H,12,15)(H,13,14). The Morgan fingerprint density at radius 1 is 1.38 bits per heavy atom. The molecule has 0 bridgehead atoms. The number of hydrogen-bond acceptors (Lipinski definition) is 4. The summed E-state index contributed by atoms with van der Waals surface area (Å²) in [4.78, 5) is 21.7. The lowest BCUT2D eigenvalue weighted by Gasteiger charge is -2.06. The van der Waals surface area contributed by atoms with Crippen LogP contribution >= 0.6 is 11.8 Å². The number of para-hydroxylation sites is 1. The van der Waals surface area contributed by atoms with Crippen LogP contribution in [0, 0.1) is 0 Å². The van der Waals surface area contributed by atoms with Crippen molar-refractivity contribution in [1.29, 1.82) is 0 Å². The van der Waals surface area contributed by atoms with Crippen LogP contribution in [0.5, 0.6) is 0 Å². The Balaban J connectivity index is 2.35. The second-order valence-electron chi connectivity index (χ2n) is 3.03. The van der Waals surface area contributed by atoms with Crippen LogP contribution in [0.4, 0.5) is 10.5 Å².